The van der Waals surface area contributed by atoms with Crippen molar-refractivity contribution in [1.82, 2.24) is 0 Å². The van der Waals surface area contributed by atoms with Crippen LogP contribution in [0, 0.1) is 11.3 Å². The van der Waals surface area contributed by atoms with Crippen molar-refractivity contribution >= 4 is 0 Å². The van der Waals surface area contributed by atoms with E-state index in [1.54, 1.807) is 7.11 Å². The fourth-order valence-corrected chi connectivity index (χ4v) is 2.07. The molecule has 2 atom stereocenters. The van der Waals surface area contributed by atoms with Crippen LogP contribution in [0.4, 0.5) is 0 Å². The van der Waals surface area contributed by atoms with E-state index in [0.29, 0.717) is 0 Å². The van der Waals surface area contributed by atoms with Gasteiger partial charge in [-0.2, -0.15) is 5.26 Å². The summed E-state index contributed by atoms with van der Waals surface area (Å²) in [6, 6.07) is 2.34. The Labute approximate surface area is 92.4 Å². The minimum Gasteiger partial charge on any atom is -0.356 e. The molecule has 1 fully saturated rings. The van der Waals surface area contributed by atoms with Crippen molar-refractivity contribution in [2.75, 3.05) is 7.11 Å². The number of nitriles is 1. The van der Waals surface area contributed by atoms with E-state index in [2.05, 4.69) is 13.0 Å². The number of hydrogen-bond donors (Lipinski definition) is 0. The third-order valence-electron chi connectivity index (χ3n) is 3.03. The molecule has 3 heteroatoms. The molecule has 1 rings (SSSR count). The summed E-state index contributed by atoms with van der Waals surface area (Å²) in [7, 11) is 1.64. The average Bonchev–Trinajstić information content (AvgIpc) is 2.30. The first kappa shape index (κ1) is 12.5. The molecule has 0 spiro atoms. The lowest BCUT2D eigenvalue weighted by Gasteiger charge is -2.35. The molecule has 1 aliphatic rings. The Morgan fingerprint density at radius 1 is 1.53 bits per heavy atom. The van der Waals surface area contributed by atoms with Gasteiger partial charge in [-0.25, -0.2) is 0 Å². The van der Waals surface area contributed by atoms with Gasteiger partial charge >= 0.3 is 0 Å². The molecule has 15 heavy (non-hydrogen) atoms. The summed E-state index contributed by atoms with van der Waals surface area (Å²) >= 11 is 0. The van der Waals surface area contributed by atoms with Crippen molar-refractivity contribution in [1.29, 1.82) is 5.26 Å². The maximum Gasteiger partial charge on any atom is 0.159 e. The van der Waals surface area contributed by atoms with Crippen molar-refractivity contribution < 1.29 is 9.47 Å². The minimum atomic E-state index is -0.575. The number of unbranched alkanes of at least 4 members (excludes halogenated alkanes) is 2. The summed E-state index contributed by atoms with van der Waals surface area (Å²) in [5, 5.41) is 9.22. The summed E-state index contributed by atoms with van der Waals surface area (Å²) in [4.78, 5) is 0. The molecule has 1 saturated heterocycles. The molecule has 0 N–H and O–H groups in total. The summed E-state index contributed by atoms with van der Waals surface area (Å²) < 4.78 is 10.9. The lowest BCUT2D eigenvalue weighted by molar-refractivity contribution is -0.208. The molecule has 0 aliphatic carbocycles. The molecule has 1 aliphatic heterocycles. The second-order valence-electron chi connectivity index (χ2n) is 4.24. The van der Waals surface area contributed by atoms with Crippen LogP contribution in [0.1, 0.15) is 51.9 Å². The topological polar surface area (TPSA) is 42.2 Å². The lowest BCUT2D eigenvalue weighted by atomic mass is 9.89. The number of methoxy groups -OCH3 is 1. The quantitative estimate of drug-likeness (QED) is 0.656. The van der Waals surface area contributed by atoms with E-state index in [1.807, 2.05) is 0 Å². The van der Waals surface area contributed by atoms with E-state index in [-0.39, 0.29) is 6.29 Å². The van der Waals surface area contributed by atoms with Crippen LogP contribution < -0.4 is 0 Å². The van der Waals surface area contributed by atoms with Gasteiger partial charge in [-0.1, -0.05) is 19.8 Å². The van der Waals surface area contributed by atoms with Gasteiger partial charge in [0.25, 0.3) is 0 Å². The summed E-state index contributed by atoms with van der Waals surface area (Å²) in [5.41, 5.74) is -0.575. The number of ether oxygens (including phenoxy) is 2. The Kier molecular flexibility index (Phi) is 5.07. The first-order chi connectivity index (χ1) is 7.26. The molecule has 0 aromatic carbocycles. The van der Waals surface area contributed by atoms with Crippen LogP contribution in [0.25, 0.3) is 0 Å². The van der Waals surface area contributed by atoms with E-state index >= 15 is 0 Å². The largest absolute Gasteiger partial charge is 0.356 e. The molecule has 3 nitrogen and oxygen atoms in total. The fourth-order valence-electron chi connectivity index (χ4n) is 2.07. The highest BCUT2D eigenvalue weighted by atomic mass is 16.7. The third-order valence-corrected chi connectivity index (χ3v) is 3.03. The summed E-state index contributed by atoms with van der Waals surface area (Å²) in [6.07, 6.45) is 6.87. The van der Waals surface area contributed by atoms with Gasteiger partial charge in [0.15, 0.2) is 11.9 Å². The third kappa shape index (κ3) is 3.48. The van der Waals surface area contributed by atoms with Gasteiger partial charge in [-0.3, -0.25) is 0 Å². The van der Waals surface area contributed by atoms with Gasteiger partial charge < -0.3 is 9.47 Å². The Morgan fingerprint density at radius 3 is 2.93 bits per heavy atom. The highest BCUT2D eigenvalue weighted by Crippen LogP contribution is 2.32. The number of rotatable bonds is 5. The lowest BCUT2D eigenvalue weighted by Crippen LogP contribution is -2.40. The molecule has 0 amide bonds. The molecule has 0 radical (unpaired) electrons. The van der Waals surface area contributed by atoms with Crippen LogP contribution >= 0.6 is 0 Å². The van der Waals surface area contributed by atoms with E-state index < -0.39 is 5.60 Å². The number of nitrogens with zero attached hydrogens (tertiary/aromatic N) is 1. The SMILES string of the molecule is CCCCCC1(C#N)CCCC(OC)O1. The van der Waals surface area contributed by atoms with Crippen molar-refractivity contribution in [2.24, 2.45) is 0 Å². The van der Waals surface area contributed by atoms with Gasteiger partial charge in [0, 0.05) is 7.11 Å². The van der Waals surface area contributed by atoms with Crippen molar-refractivity contribution in [3.63, 3.8) is 0 Å². The van der Waals surface area contributed by atoms with Gasteiger partial charge in [0.2, 0.25) is 0 Å². The van der Waals surface area contributed by atoms with E-state index in [0.717, 1.165) is 32.1 Å². The molecule has 0 aromatic heterocycles. The van der Waals surface area contributed by atoms with Gasteiger partial charge in [-0.05, 0) is 32.1 Å². The molecule has 0 aromatic rings. The van der Waals surface area contributed by atoms with Gasteiger partial charge in [0.05, 0.1) is 6.07 Å². The molecule has 2 unspecified atom stereocenters. The van der Waals surface area contributed by atoms with Gasteiger partial charge in [0.1, 0.15) is 0 Å². The van der Waals surface area contributed by atoms with Crippen LogP contribution in [-0.4, -0.2) is 19.0 Å². The predicted molar refractivity (Wildman–Crippen MR) is 58.2 cm³/mol. The Hall–Kier alpha value is -0.590. The second-order valence-corrected chi connectivity index (χ2v) is 4.24. The predicted octanol–water partition coefficient (Wildman–Crippen LogP) is 3.00. The second kappa shape index (κ2) is 6.09. The van der Waals surface area contributed by atoms with E-state index in [4.69, 9.17) is 9.47 Å². The van der Waals surface area contributed by atoms with Crippen LogP contribution in [0.5, 0.6) is 0 Å². The first-order valence-corrected chi connectivity index (χ1v) is 5.88. The molecule has 0 saturated carbocycles. The molecule has 86 valence electrons. The fraction of sp³-hybridized carbons (Fsp3) is 0.917. The minimum absolute atomic E-state index is 0.181. The van der Waals surface area contributed by atoms with E-state index in [9.17, 15) is 5.26 Å². The monoisotopic (exact) mass is 211 g/mol. The summed E-state index contributed by atoms with van der Waals surface area (Å²) in [6.45, 7) is 2.17. The van der Waals surface area contributed by atoms with Crippen molar-refractivity contribution in [3.05, 3.63) is 0 Å². The van der Waals surface area contributed by atoms with Crippen molar-refractivity contribution in [2.45, 2.75) is 63.8 Å². The average molecular weight is 211 g/mol. The maximum absolute atomic E-state index is 9.22. The van der Waals surface area contributed by atoms with Crippen LogP contribution in [0.2, 0.25) is 0 Å². The summed E-state index contributed by atoms with van der Waals surface area (Å²) in [5.74, 6) is 0. The van der Waals surface area contributed by atoms with Crippen LogP contribution in [0.15, 0.2) is 0 Å². The zero-order valence-electron chi connectivity index (χ0n) is 9.79. The Bertz CT molecular complexity index is 224. The zero-order chi connectivity index (χ0) is 11.1. The van der Waals surface area contributed by atoms with Crippen molar-refractivity contribution in [3.8, 4) is 6.07 Å². The zero-order valence-corrected chi connectivity index (χ0v) is 9.79. The molecule has 0 bridgehead atoms. The highest BCUT2D eigenvalue weighted by Gasteiger charge is 2.36. The maximum atomic E-state index is 9.22. The smallest absolute Gasteiger partial charge is 0.159 e. The Morgan fingerprint density at radius 2 is 2.33 bits per heavy atom. The van der Waals surface area contributed by atoms with E-state index in [1.165, 1.54) is 12.8 Å². The molecule has 1 heterocycles. The van der Waals surface area contributed by atoms with Gasteiger partial charge in [-0.15, -0.1) is 0 Å². The Balaban J connectivity index is 2.48. The standard InChI is InChI=1S/C12H21NO2/c1-3-4-5-8-12(10-13)9-6-7-11(14-2)15-12/h11H,3-9H2,1-2H3. The van der Waals surface area contributed by atoms with Crippen LogP contribution in [-0.2, 0) is 9.47 Å². The molecular weight excluding hydrogens is 190 g/mol. The van der Waals surface area contributed by atoms with Crippen LogP contribution in [0.3, 0.4) is 0 Å². The molecular formula is C12H21NO2. The highest BCUT2D eigenvalue weighted by molar-refractivity contribution is 5.03. The normalized spacial score (nSPS) is 31.1. The first-order valence-electron chi connectivity index (χ1n) is 5.88. The number of hydrogen-bond acceptors (Lipinski definition) is 3.